The van der Waals surface area contributed by atoms with E-state index >= 15 is 0 Å². The largest absolute Gasteiger partial charge is 0.508 e. The summed E-state index contributed by atoms with van der Waals surface area (Å²) in [4.78, 5) is 11.9. The van der Waals surface area contributed by atoms with Gasteiger partial charge < -0.3 is 16.2 Å². The Labute approximate surface area is 111 Å². The molecule has 2 rings (SSSR count). The molecule has 0 saturated carbocycles. The minimum atomic E-state index is -0.175. The zero-order valence-electron chi connectivity index (χ0n) is 10.7. The molecule has 0 bridgehead atoms. The van der Waals surface area contributed by atoms with Gasteiger partial charge in [-0.15, -0.1) is 0 Å². The Morgan fingerprint density at radius 3 is 2.74 bits per heavy atom. The molecule has 0 spiro atoms. The van der Waals surface area contributed by atoms with E-state index in [1.54, 1.807) is 25.1 Å². The maximum Gasteiger partial charge on any atom is 0.251 e. The lowest BCUT2D eigenvalue weighted by atomic mass is 10.1. The van der Waals surface area contributed by atoms with Gasteiger partial charge in [0, 0.05) is 17.8 Å². The first-order valence-electron chi connectivity index (χ1n) is 5.98. The van der Waals surface area contributed by atoms with Crippen molar-refractivity contribution in [3.8, 4) is 5.75 Å². The molecule has 0 atom stereocenters. The number of amides is 1. The number of nitrogens with one attached hydrogen (secondary N) is 1. The van der Waals surface area contributed by atoms with Gasteiger partial charge in [0.05, 0.1) is 0 Å². The first-order chi connectivity index (χ1) is 9.06. The van der Waals surface area contributed by atoms with Crippen molar-refractivity contribution in [2.75, 3.05) is 5.73 Å². The van der Waals surface area contributed by atoms with Crippen molar-refractivity contribution in [1.29, 1.82) is 0 Å². The van der Waals surface area contributed by atoms with Crippen LogP contribution in [0.4, 0.5) is 5.69 Å². The predicted octanol–water partition coefficient (Wildman–Crippen LogP) is 2.21. The second-order valence-electron chi connectivity index (χ2n) is 4.43. The van der Waals surface area contributed by atoms with Crippen molar-refractivity contribution < 1.29 is 9.90 Å². The van der Waals surface area contributed by atoms with Gasteiger partial charge in [-0.3, -0.25) is 4.79 Å². The van der Waals surface area contributed by atoms with E-state index in [-0.39, 0.29) is 11.7 Å². The van der Waals surface area contributed by atoms with Gasteiger partial charge in [0.2, 0.25) is 0 Å². The van der Waals surface area contributed by atoms with Crippen molar-refractivity contribution in [1.82, 2.24) is 5.32 Å². The fourth-order valence-corrected chi connectivity index (χ4v) is 1.78. The van der Waals surface area contributed by atoms with Gasteiger partial charge in [-0.1, -0.05) is 12.1 Å². The van der Waals surface area contributed by atoms with E-state index in [4.69, 9.17) is 5.73 Å². The summed E-state index contributed by atoms with van der Waals surface area (Å²) in [5, 5.41) is 12.2. The number of anilines is 1. The van der Waals surface area contributed by atoms with Gasteiger partial charge in [0.1, 0.15) is 5.75 Å². The first-order valence-corrected chi connectivity index (χ1v) is 5.98. The SMILES string of the molecule is Cc1cc(C(=O)NCc2cccc(N)c2)ccc1O. The number of phenolic OH excluding ortho intramolecular Hbond substituents is 1. The second-order valence-corrected chi connectivity index (χ2v) is 4.43. The number of nitrogens with two attached hydrogens (primary N) is 1. The molecule has 0 unspecified atom stereocenters. The molecule has 4 nitrogen and oxygen atoms in total. The van der Waals surface area contributed by atoms with Gasteiger partial charge >= 0.3 is 0 Å². The summed E-state index contributed by atoms with van der Waals surface area (Å²) in [5.41, 5.74) is 8.50. The molecule has 98 valence electrons. The Balaban J connectivity index is 2.03. The summed E-state index contributed by atoms with van der Waals surface area (Å²) in [6.07, 6.45) is 0. The number of aryl methyl sites for hydroxylation is 1. The summed E-state index contributed by atoms with van der Waals surface area (Å²) in [5.74, 6) is 0.0120. The van der Waals surface area contributed by atoms with Crippen LogP contribution in [0.15, 0.2) is 42.5 Å². The van der Waals surface area contributed by atoms with Gasteiger partial charge in [0.25, 0.3) is 5.91 Å². The summed E-state index contributed by atoms with van der Waals surface area (Å²) >= 11 is 0. The number of rotatable bonds is 3. The summed E-state index contributed by atoms with van der Waals surface area (Å²) in [6.45, 7) is 2.17. The van der Waals surface area contributed by atoms with Crippen molar-refractivity contribution in [3.05, 3.63) is 59.2 Å². The average Bonchev–Trinajstić information content (AvgIpc) is 2.39. The maximum atomic E-state index is 11.9. The molecule has 2 aromatic rings. The minimum Gasteiger partial charge on any atom is -0.508 e. The van der Waals surface area contributed by atoms with Crippen LogP contribution in [0.5, 0.6) is 5.75 Å². The zero-order chi connectivity index (χ0) is 13.8. The third-order valence-electron chi connectivity index (χ3n) is 2.86. The number of carbonyl (C=O) groups excluding carboxylic acids is 1. The molecule has 0 aliphatic heterocycles. The molecule has 19 heavy (non-hydrogen) atoms. The number of carbonyl (C=O) groups is 1. The van der Waals surface area contributed by atoms with Crippen LogP contribution in [0.25, 0.3) is 0 Å². The van der Waals surface area contributed by atoms with Crippen LogP contribution in [0.2, 0.25) is 0 Å². The molecular formula is C15H16N2O2. The van der Waals surface area contributed by atoms with Crippen LogP contribution in [-0.4, -0.2) is 11.0 Å². The van der Waals surface area contributed by atoms with Crippen molar-refractivity contribution in [3.63, 3.8) is 0 Å². The van der Waals surface area contributed by atoms with Crippen LogP contribution in [-0.2, 0) is 6.54 Å². The van der Waals surface area contributed by atoms with E-state index in [9.17, 15) is 9.90 Å². The maximum absolute atomic E-state index is 11.9. The molecule has 4 heteroatoms. The van der Waals surface area contributed by atoms with Crippen molar-refractivity contribution >= 4 is 11.6 Å². The molecule has 0 radical (unpaired) electrons. The Morgan fingerprint density at radius 1 is 1.26 bits per heavy atom. The summed E-state index contributed by atoms with van der Waals surface area (Å²) in [7, 11) is 0. The highest BCUT2D eigenvalue weighted by Gasteiger charge is 2.07. The summed E-state index contributed by atoms with van der Waals surface area (Å²) in [6, 6.07) is 12.1. The number of benzene rings is 2. The van der Waals surface area contributed by atoms with Crippen molar-refractivity contribution in [2.45, 2.75) is 13.5 Å². The number of hydrogen-bond acceptors (Lipinski definition) is 3. The van der Waals surface area contributed by atoms with E-state index in [0.717, 1.165) is 5.56 Å². The van der Waals surface area contributed by atoms with E-state index in [2.05, 4.69) is 5.32 Å². The van der Waals surface area contributed by atoms with Crippen LogP contribution < -0.4 is 11.1 Å². The molecule has 0 aromatic heterocycles. The Hall–Kier alpha value is -2.49. The monoisotopic (exact) mass is 256 g/mol. The van der Waals surface area contributed by atoms with Gasteiger partial charge in [-0.05, 0) is 48.4 Å². The molecule has 4 N–H and O–H groups in total. The summed E-state index contributed by atoms with van der Waals surface area (Å²) < 4.78 is 0. The fourth-order valence-electron chi connectivity index (χ4n) is 1.78. The topological polar surface area (TPSA) is 75.4 Å². The molecule has 0 aliphatic rings. The molecule has 0 aliphatic carbocycles. The van der Waals surface area contributed by atoms with Crippen molar-refractivity contribution in [2.24, 2.45) is 0 Å². The minimum absolute atomic E-state index is 0.175. The van der Waals surface area contributed by atoms with Gasteiger partial charge in [-0.25, -0.2) is 0 Å². The Kier molecular flexibility index (Phi) is 3.71. The molecular weight excluding hydrogens is 240 g/mol. The normalized spacial score (nSPS) is 10.2. The third kappa shape index (κ3) is 3.25. The van der Waals surface area contributed by atoms with Crippen LogP contribution in [0.3, 0.4) is 0 Å². The van der Waals surface area contributed by atoms with Crippen LogP contribution in [0.1, 0.15) is 21.5 Å². The number of phenols is 1. The number of nitrogen functional groups attached to an aromatic ring is 1. The van der Waals surface area contributed by atoms with E-state index < -0.39 is 0 Å². The molecule has 1 amide bonds. The zero-order valence-corrected chi connectivity index (χ0v) is 10.7. The fraction of sp³-hybridized carbons (Fsp3) is 0.133. The van der Waals surface area contributed by atoms with Gasteiger partial charge in [-0.2, -0.15) is 0 Å². The van der Waals surface area contributed by atoms with E-state index in [1.165, 1.54) is 6.07 Å². The number of aromatic hydroxyl groups is 1. The first kappa shape index (κ1) is 13.0. The lowest BCUT2D eigenvalue weighted by Crippen LogP contribution is -2.22. The quantitative estimate of drug-likeness (QED) is 0.737. The molecule has 2 aromatic carbocycles. The Bertz CT molecular complexity index is 609. The predicted molar refractivity (Wildman–Crippen MR) is 74.9 cm³/mol. The highest BCUT2D eigenvalue weighted by atomic mass is 16.3. The van der Waals surface area contributed by atoms with Crippen LogP contribution in [0, 0.1) is 6.92 Å². The smallest absolute Gasteiger partial charge is 0.251 e. The second kappa shape index (κ2) is 5.44. The molecule has 0 heterocycles. The number of hydrogen-bond donors (Lipinski definition) is 3. The van der Waals surface area contributed by atoms with Gasteiger partial charge in [0.15, 0.2) is 0 Å². The molecule has 0 fully saturated rings. The van der Waals surface area contributed by atoms with E-state index in [1.807, 2.05) is 18.2 Å². The van der Waals surface area contributed by atoms with Crippen LogP contribution >= 0.6 is 0 Å². The lowest BCUT2D eigenvalue weighted by Gasteiger charge is -2.07. The highest BCUT2D eigenvalue weighted by molar-refractivity contribution is 5.94. The lowest BCUT2D eigenvalue weighted by molar-refractivity contribution is 0.0951. The Morgan fingerprint density at radius 2 is 2.05 bits per heavy atom. The average molecular weight is 256 g/mol. The van der Waals surface area contributed by atoms with E-state index in [0.29, 0.717) is 23.4 Å². The highest BCUT2D eigenvalue weighted by Crippen LogP contribution is 2.17. The molecule has 0 saturated heterocycles. The standard InChI is InChI=1S/C15H16N2O2/c1-10-7-12(5-6-14(10)18)15(19)17-9-11-3-2-4-13(16)8-11/h2-8,18H,9,16H2,1H3,(H,17,19). The third-order valence-corrected chi connectivity index (χ3v) is 2.86.